The minimum absolute atomic E-state index is 0.382. The van der Waals surface area contributed by atoms with E-state index in [1.165, 1.54) is 13.8 Å². The maximum absolute atomic E-state index is 10.7. The molecule has 0 spiro atoms. The van der Waals surface area contributed by atoms with Crippen LogP contribution in [0.2, 0.25) is 0 Å². The van der Waals surface area contributed by atoms with Crippen molar-refractivity contribution in [3.05, 3.63) is 0 Å². The number of rotatable bonds is 3. The summed E-state index contributed by atoms with van der Waals surface area (Å²) in [7, 11) is 0. The molecule has 0 aromatic rings. The van der Waals surface area contributed by atoms with Gasteiger partial charge in [0.15, 0.2) is 0 Å². The number of ether oxygens (including phenoxy) is 2. The van der Waals surface area contributed by atoms with Gasteiger partial charge in [-0.15, -0.1) is 0 Å². The fraction of sp³-hybridized carbons (Fsp3) is 0.778. The van der Waals surface area contributed by atoms with E-state index >= 15 is 0 Å². The van der Waals surface area contributed by atoms with Crippen LogP contribution >= 0.6 is 0 Å². The fourth-order valence-corrected chi connectivity index (χ4v) is 0.844. The highest BCUT2D eigenvalue weighted by Crippen LogP contribution is 2.17. The normalized spacial score (nSPS) is 13.3. The van der Waals surface area contributed by atoms with Gasteiger partial charge < -0.3 is 9.47 Å². The van der Waals surface area contributed by atoms with Crippen molar-refractivity contribution < 1.29 is 19.1 Å². The van der Waals surface area contributed by atoms with E-state index in [0.29, 0.717) is 0 Å². The average Bonchev–Trinajstić information content (AvgIpc) is 1.81. The molecule has 0 heterocycles. The lowest BCUT2D eigenvalue weighted by Crippen LogP contribution is -2.41. The van der Waals surface area contributed by atoms with Gasteiger partial charge >= 0.3 is 11.9 Å². The first-order valence-electron chi connectivity index (χ1n) is 4.12. The summed E-state index contributed by atoms with van der Waals surface area (Å²) in [5.74, 6) is -0.767. The van der Waals surface area contributed by atoms with Crippen LogP contribution in [-0.2, 0) is 19.1 Å². The molecule has 0 N–H and O–H groups in total. The van der Waals surface area contributed by atoms with Gasteiger partial charge in [0, 0.05) is 13.8 Å². The van der Waals surface area contributed by atoms with Crippen molar-refractivity contribution in [1.29, 1.82) is 0 Å². The summed E-state index contributed by atoms with van der Waals surface area (Å²) in [5.41, 5.74) is -0.780. The van der Waals surface area contributed by atoms with Crippen molar-refractivity contribution in [1.82, 2.24) is 0 Å². The lowest BCUT2D eigenvalue weighted by atomic mass is 10.0. The summed E-state index contributed by atoms with van der Waals surface area (Å²) in [6.07, 6.45) is -0.450. The predicted molar refractivity (Wildman–Crippen MR) is 47.1 cm³/mol. The quantitative estimate of drug-likeness (QED) is 0.626. The lowest BCUT2D eigenvalue weighted by molar-refractivity contribution is -0.176. The Morgan fingerprint density at radius 1 is 1.15 bits per heavy atom. The van der Waals surface area contributed by atoms with Crippen LogP contribution in [0.5, 0.6) is 0 Å². The highest BCUT2D eigenvalue weighted by Gasteiger charge is 2.31. The van der Waals surface area contributed by atoms with Gasteiger partial charge in [0.1, 0.15) is 11.7 Å². The van der Waals surface area contributed by atoms with Crippen molar-refractivity contribution in [3.8, 4) is 0 Å². The summed E-state index contributed by atoms with van der Waals surface area (Å²) < 4.78 is 9.88. The first-order valence-corrected chi connectivity index (χ1v) is 4.12. The Balaban J connectivity index is 4.25. The number of hydrogen-bond acceptors (Lipinski definition) is 4. The molecule has 0 amide bonds. The van der Waals surface area contributed by atoms with E-state index in [4.69, 9.17) is 9.47 Å². The molecule has 0 aliphatic carbocycles. The summed E-state index contributed by atoms with van der Waals surface area (Å²) >= 11 is 0. The minimum Gasteiger partial charge on any atom is -0.459 e. The van der Waals surface area contributed by atoms with Gasteiger partial charge in [0.25, 0.3) is 0 Å². The van der Waals surface area contributed by atoms with Crippen LogP contribution in [0.3, 0.4) is 0 Å². The Kier molecular flexibility index (Phi) is 3.91. The molecule has 0 saturated carbocycles. The standard InChI is InChI=1S/C9H16O4/c1-6(12-7(2)10)9(4,5)13-8(3)11/h6H,1-5H3/t6-/m1/s1. The molecule has 0 rings (SSSR count). The molecule has 76 valence electrons. The molecule has 0 saturated heterocycles. The molecular weight excluding hydrogens is 172 g/mol. The van der Waals surface area contributed by atoms with Gasteiger partial charge in [-0.1, -0.05) is 0 Å². The maximum Gasteiger partial charge on any atom is 0.303 e. The Bertz CT molecular complexity index is 208. The first-order chi connectivity index (χ1) is 5.75. The Hall–Kier alpha value is -1.06. The molecule has 13 heavy (non-hydrogen) atoms. The molecule has 0 fully saturated rings. The largest absolute Gasteiger partial charge is 0.459 e. The van der Waals surface area contributed by atoms with E-state index in [-0.39, 0.29) is 11.9 Å². The van der Waals surface area contributed by atoms with Crippen molar-refractivity contribution >= 4 is 11.9 Å². The van der Waals surface area contributed by atoms with Gasteiger partial charge in [-0.2, -0.15) is 0 Å². The molecule has 4 nitrogen and oxygen atoms in total. The third-order valence-corrected chi connectivity index (χ3v) is 1.73. The minimum atomic E-state index is -0.780. The first kappa shape index (κ1) is 11.9. The second-order valence-corrected chi connectivity index (χ2v) is 3.45. The fourth-order valence-electron chi connectivity index (χ4n) is 0.844. The van der Waals surface area contributed by atoms with Gasteiger partial charge in [-0.3, -0.25) is 9.59 Å². The summed E-state index contributed by atoms with van der Waals surface area (Å²) in [6, 6.07) is 0. The zero-order valence-electron chi connectivity index (χ0n) is 8.71. The smallest absolute Gasteiger partial charge is 0.303 e. The third kappa shape index (κ3) is 4.50. The van der Waals surface area contributed by atoms with Crippen molar-refractivity contribution in [2.75, 3.05) is 0 Å². The van der Waals surface area contributed by atoms with Gasteiger partial charge in [0.05, 0.1) is 0 Å². The van der Waals surface area contributed by atoms with Crippen LogP contribution in [0, 0.1) is 0 Å². The molecule has 0 aliphatic rings. The molecular formula is C9H16O4. The SMILES string of the molecule is CC(=O)O[C@H](C)C(C)(C)OC(C)=O. The van der Waals surface area contributed by atoms with Crippen LogP contribution in [-0.4, -0.2) is 23.6 Å². The van der Waals surface area contributed by atoms with Crippen LogP contribution in [0.1, 0.15) is 34.6 Å². The number of esters is 2. The zero-order chi connectivity index (χ0) is 10.6. The zero-order valence-corrected chi connectivity index (χ0v) is 8.71. The van der Waals surface area contributed by atoms with E-state index in [1.807, 2.05) is 0 Å². The number of carbonyl (C=O) groups excluding carboxylic acids is 2. The lowest BCUT2D eigenvalue weighted by Gasteiger charge is -2.30. The van der Waals surface area contributed by atoms with Gasteiger partial charge in [-0.25, -0.2) is 0 Å². The van der Waals surface area contributed by atoms with Crippen LogP contribution in [0.4, 0.5) is 0 Å². The highest BCUT2D eigenvalue weighted by atomic mass is 16.6. The van der Waals surface area contributed by atoms with Crippen molar-refractivity contribution in [2.24, 2.45) is 0 Å². The predicted octanol–water partition coefficient (Wildman–Crippen LogP) is 1.28. The topological polar surface area (TPSA) is 52.6 Å². The van der Waals surface area contributed by atoms with Crippen LogP contribution in [0.25, 0.3) is 0 Å². The van der Waals surface area contributed by atoms with Crippen LogP contribution in [0.15, 0.2) is 0 Å². The Morgan fingerprint density at radius 2 is 1.62 bits per heavy atom. The molecule has 0 aliphatic heterocycles. The van der Waals surface area contributed by atoms with E-state index < -0.39 is 11.7 Å². The Morgan fingerprint density at radius 3 is 1.92 bits per heavy atom. The summed E-state index contributed by atoms with van der Waals surface area (Å²) in [6.45, 7) is 7.72. The second kappa shape index (κ2) is 4.25. The highest BCUT2D eigenvalue weighted by molar-refractivity contribution is 5.67. The third-order valence-electron chi connectivity index (χ3n) is 1.73. The molecule has 0 radical (unpaired) electrons. The second-order valence-electron chi connectivity index (χ2n) is 3.45. The summed E-state index contributed by atoms with van der Waals surface area (Å²) in [5, 5.41) is 0. The summed E-state index contributed by atoms with van der Waals surface area (Å²) in [4.78, 5) is 21.3. The molecule has 0 aromatic heterocycles. The van der Waals surface area contributed by atoms with Crippen LogP contribution < -0.4 is 0 Å². The molecule has 0 bridgehead atoms. The maximum atomic E-state index is 10.7. The number of hydrogen-bond donors (Lipinski definition) is 0. The molecule has 0 aromatic carbocycles. The monoisotopic (exact) mass is 188 g/mol. The van der Waals surface area contributed by atoms with E-state index in [9.17, 15) is 9.59 Å². The number of carbonyl (C=O) groups is 2. The molecule has 0 unspecified atom stereocenters. The van der Waals surface area contributed by atoms with Crippen molar-refractivity contribution in [3.63, 3.8) is 0 Å². The van der Waals surface area contributed by atoms with E-state index in [0.717, 1.165) is 0 Å². The Labute approximate surface area is 78.2 Å². The molecule has 1 atom stereocenters. The van der Waals surface area contributed by atoms with Crippen molar-refractivity contribution in [2.45, 2.75) is 46.3 Å². The molecule has 4 heteroatoms. The van der Waals surface area contributed by atoms with E-state index in [2.05, 4.69) is 0 Å². The average molecular weight is 188 g/mol. The van der Waals surface area contributed by atoms with E-state index in [1.54, 1.807) is 20.8 Å². The van der Waals surface area contributed by atoms with Gasteiger partial charge in [0.2, 0.25) is 0 Å². The van der Waals surface area contributed by atoms with Gasteiger partial charge in [-0.05, 0) is 20.8 Å².